The van der Waals surface area contributed by atoms with Gasteiger partial charge in [-0.15, -0.1) is 0 Å². The van der Waals surface area contributed by atoms with Crippen LogP contribution in [0.3, 0.4) is 0 Å². The number of ether oxygens (including phenoxy) is 4. The summed E-state index contributed by atoms with van der Waals surface area (Å²) in [5, 5.41) is 13.4. The zero-order valence-electron chi connectivity index (χ0n) is 19.1. The number of rotatable bonds is 12. The maximum atomic E-state index is 12.2. The number of benzene rings is 1. The number of nitrogens with zero attached hydrogens (tertiary/aromatic N) is 3. The van der Waals surface area contributed by atoms with Crippen molar-refractivity contribution >= 4 is 28.1 Å². The van der Waals surface area contributed by atoms with Crippen molar-refractivity contribution in [1.29, 1.82) is 5.26 Å². The standard InChI is InChI=1S/C23H27BrN4O5/c1-5-7-32-22-19(24)9-16(10-20(22)31-6-2)12-26-28-21(29)14-33-23-18(11-25)17(13-30-4)8-15(3)27-23/h8-10,12H,5-7,13-14H2,1-4H3,(H,28,29)/b26-12+. The Hall–Kier alpha value is -3.16. The van der Waals surface area contributed by atoms with Crippen LogP contribution in [0.2, 0.25) is 0 Å². The molecule has 1 heterocycles. The topological polar surface area (TPSA) is 115 Å². The molecular weight excluding hydrogens is 492 g/mol. The zero-order valence-corrected chi connectivity index (χ0v) is 20.7. The number of amides is 1. The van der Waals surface area contributed by atoms with Crippen LogP contribution in [-0.4, -0.2) is 44.0 Å². The minimum atomic E-state index is -0.501. The summed E-state index contributed by atoms with van der Waals surface area (Å²) in [5.41, 5.74) is 4.62. The van der Waals surface area contributed by atoms with E-state index in [1.54, 1.807) is 19.1 Å². The van der Waals surface area contributed by atoms with Gasteiger partial charge in [0.15, 0.2) is 18.1 Å². The van der Waals surface area contributed by atoms with Crippen molar-refractivity contribution in [3.05, 3.63) is 45.1 Å². The second-order valence-electron chi connectivity index (χ2n) is 6.84. The lowest BCUT2D eigenvalue weighted by molar-refractivity contribution is -0.123. The summed E-state index contributed by atoms with van der Waals surface area (Å²) in [5.74, 6) is 0.785. The Labute approximate surface area is 201 Å². The number of hydrogen-bond acceptors (Lipinski definition) is 8. The molecule has 0 aliphatic rings. The average Bonchev–Trinajstić information content (AvgIpc) is 2.77. The molecule has 0 fully saturated rings. The highest BCUT2D eigenvalue weighted by molar-refractivity contribution is 9.10. The first-order chi connectivity index (χ1) is 15.9. The number of nitrogens with one attached hydrogen (secondary N) is 1. The number of aryl methyl sites for hydroxylation is 1. The van der Waals surface area contributed by atoms with E-state index in [2.05, 4.69) is 31.4 Å². The summed E-state index contributed by atoms with van der Waals surface area (Å²) in [7, 11) is 1.53. The second kappa shape index (κ2) is 13.4. The van der Waals surface area contributed by atoms with Crippen LogP contribution in [0.5, 0.6) is 17.4 Å². The lowest BCUT2D eigenvalue weighted by atomic mass is 10.1. The Balaban J connectivity index is 2.04. The summed E-state index contributed by atoms with van der Waals surface area (Å²) >= 11 is 3.49. The molecule has 176 valence electrons. The van der Waals surface area contributed by atoms with E-state index in [0.29, 0.717) is 41.5 Å². The van der Waals surface area contributed by atoms with E-state index >= 15 is 0 Å². The van der Waals surface area contributed by atoms with Crippen LogP contribution < -0.4 is 19.6 Å². The molecule has 33 heavy (non-hydrogen) atoms. The molecule has 2 rings (SSSR count). The van der Waals surface area contributed by atoms with Gasteiger partial charge in [0.1, 0.15) is 11.6 Å². The number of aromatic nitrogens is 1. The van der Waals surface area contributed by atoms with Crippen molar-refractivity contribution in [3.63, 3.8) is 0 Å². The molecule has 0 radical (unpaired) electrons. The minimum absolute atomic E-state index is 0.0802. The number of carbonyl (C=O) groups excluding carboxylic acids is 1. The molecule has 0 unspecified atom stereocenters. The first-order valence-electron chi connectivity index (χ1n) is 10.4. The largest absolute Gasteiger partial charge is 0.490 e. The van der Waals surface area contributed by atoms with Gasteiger partial charge in [-0.3, -0.25) is 4.79 Å². The van der Waals surface area contributed by atoms with Crippen LogP contribution in [0, 0.1) is 18.3 Å². The highest BCUT2D eigenvalue weighted by atomic mass is 79.9. The SMILES string of the molecule is CCCOc1c(Br)cc(/C=N/NC(=O)COc2nc(C)cc(COC)c2C#N)cc1OCC. The molecule has 0 saturated carbocycles. The van der Waals surface area contributed by atoms with Crippen molar-refractivity contribution in [2.24, 2.45) is 5.10 Å². The van der Waals surface area contributed by atoms with E-state index in [4.69, 9.17) is 18.9 Å². The van der Waals surface area contributed by atoms with E-state index in [-0.39, 0.29) is 24.7 Å². The van der Waals surface area contributed by atoms with E-state index in [1.165, 1.54) is 13.3 Å². The number of pyridine rings is 1. The highest BCUT2D eigenvalue weighted by Gasteiger charge is 2.14. The first kappa shape index (κ1) is 26.1. The molecule has 0 atom stereocenters. The van der Waals surface area contributed by atoms with Gasteiger partial charge in [-0.2, -0.15) is 10.4 Å². The molecule has 0 bridgehead atoms. The number of carbonyl (C=O) groups is 1. The van der Waals surface area contributed by atoms with E-state index in [9.17, 15) is 10.1 Å². The molecule has 0 aliphatic heterocycles. The van der Waals surface area contributed by atoms with Crippen LogP contribution in [0.25, 0.3) is 0 Å². The smallest absolute Gasteiger partial charge is 0.278 e. The molecule has 1 aromatic heterocycles. The van der Waals surface area contributed by atoms with Crippen molar-refractivity contribution < 1.29 is 23.7 Å². The van der Waals surface area contributed by atoms with E-state index in [0.717, 1.165) is 10.9 Å². The fourth-order valence-electron chi connectivity index (χ4n) is 2.82. The van der Waals surface area contributed by atoms with Crippen molar-refractivity contribution in [1.82, 2.24) is 10.4 Å². The third-order valence-electron chi connectivity index (χ3n) is 4.13. The molecule has 1 amide bonds. The number of hydrazone groups is 1. The van der Waals surface area contributed by atoms with Gasteiger partial charge in [-0.25, -0.2) is 10.4 Å². The molecule has 0 aliphatic carbocycles. The van der Waals surface area contributed by atoms with E-state index in [1.807, 2.05) is 26.0 Å². The lowest BCUT2D eigenvalue weighted by Gasteiger charge is -2.14. The Morgan fingerprint density at radius 3 is 2.73 bits per heavy atom. The van der Waals surface area contributed by atoms with Crippen LogP contribution in [-0.2, 0) is 16.1 Å². The third-order valence-corrected chi connectivity index (χ3v) is 4.72. The Morgan fingerprint density at radius 2 is 2.06 bits per heavy atom. The van der Waals surface area contributed by atoms with Gasteiger partial charge in [0.05, 0.1) is 30.5 Å². The van der Waals surface area contributed by atoms with Gasteiger partial charge in [-0.1, -0.05) is 6.92 Å². The van der Waals surface area contributed by atoms with Gasteiger partial charge >= 0.3 is 0 Å². The molecule has 2 aromatic rings. The fourth-order valence-corrected chi connectivity index (χ4v) is 3.39. The number of methoxy groups -OCH3 is 1. The van der Waals surface area contributed by atoms with Crippen molar-refractivity contribution in [2.45, 2.75) is 33.8 Å². The summed E-state index contributed by atoms with van der Waals surface area (Å²) in [6.45, 7) is 6.61. The predicted molar refractivity (Wildman–Crippen MR) is 127 cm³/mol. The van der Waals surface area contributed by atoms with E-state index < -0.39 is 5.91 Å². The summed E-state index contributed by atoms with van der Waals surface area (Å²) < 4.78 is 22.7. The molecule has 9 nitrogen and oxygen atoms in total. The predicted octanol–water partition coefficient (Wildman–Crippen LogP) is 3.89. The van der Waals surface area contributed by atoms with Crippen molar-refractivity contribution in [2.75, 3.05) is 26.9 Å². The highest BCUT2D eigenvalue weighted by Crippen LogP contribution is 2.36. The molecular formula is C23H27BrN4O5. The van der Waals surface area contributed by atoms with Crippen LogP contribution >= 0.6 is 15.9 Å². The van der Waals surface area contributed by atoms with Gasteiger partial charge in [0, 0.05) is 18.4 Å². The first-order valence-corrected chi connectivity index (χ1v) is 11.2. The zero-order chi connectivity index (χ0) is 24.2. The normalized spacial score (nSPS) is 10.7. The number of halogens is 1. The molecule has 1 N–H and O–H groups in total. The fraction of sp³-hybridized carbons (Fsp3) is 0.391. The van der Waals surface area contributed by atoms with Gasteiger partial charge in [0.25, 0.3) is 5.91 Å². The third kappa shape index (κ3) is 7.73. The molecule has 10 heteroatoms. The summed E-state index contributed by atoms with van der Waals surface area (Å²) in [4.78, 5) is 16.4. The van der Waals surface area contributed by atoms with Crippen LogP contribution in [0.1, 0.15) is 42.7 Å². The maximum absolute atomic E-state index is 12.2. The Kier molecular flexibility index (Phi) is 10.6. The van der Waals surface area contributed by atoms with Gasteiger partial charge < -0.3 is 18.9 Å². The lowest BCUT2D eigenvalue weighted by Crippen LogP contribution is -2.25. The quantitative estimate of drug-likeness (QED) is 0.334. The number of hydrogen-bond donors (Lipinski definition) is 1. The molecule has 1 aromatic carbocycles. The van der Waals surface area contributed by atoms with Crippen LogP contribution in [0.4, 0.5) is 0 Å². The van der Waals surface area contributed by atoms with Gasteiger partial charge in [0.2, 0.25) is 5.88 Å². The van der Waals surface area contributed by atoms with Gasteiger partial charge in [-0.05, 0) is 60.0 Å². The number of nitriles is 1. The molecule has 0 spiro atoms. The van der Waals surface area contributed by atoms with Crippen molar-refractivity contribution in [3.8, 4) is 23.4 Å². The molecule has 0 saturated heterocycles. The summed E-state index contributed by atoms with van der Waals surface area (Å²) in [6.07, 6.45) is 2.36. The van der Waals surface area contributed by atoms with Crippen LogP contribution in [0.15, 0.2) is 27.8 Å². The Morgan fingerprint density at radius 1 is 1.27 bits per heavy atom. The second-order valence-corrected chi connectivity index (χ2v) is 7.70. The monoisotopic (exact) mass is 518 g/mol. The minimum Gasteiger partial charge on any atom is -0.490 e. The summed E-state index contributed by atoms with van der Waals surface area (Å²) in [6, 6.07) is 7.38. The maximum Gasteiger partial charge on any atom is 0.278 e. The average molecular weight is 519 g/mol. The Bertz CT molecular complexity index is 1040.